The molecule has 0 spiro atoms. The highest BCUT2D eigenvalue weighted by atomic mass is 32.2. The molecule has 0 saturated carbocycles. The van der Waals surface area contributed by atoms with E-state index in [0.29, 0.717) is 5.13 Å². The summed E-state index contributed by atoms with van der Waals surface area (Å²) < 4.78 is 36.9. The quantitative estimate of drug-likeness (QED) is 0.201. The first-order valence-electron chi connectivity index (χ1n) is 9.92. The van der Waals surface area contributed by atoms with Crippen molar-refractivity contribution in [2.24, 2.45) is 0 Å². The summed E-state index contributed by atoms with van der Waals surface area (Å²) in [7, 11) is 0. The average molecular weight is 487 g/mol. The van der Waals surface area contributed by atoms with E-state index < -0.39 is 23.0 Å². The number of nitrogens with zero attached hydrogens (tertiary/aromatic N) is 1. The number of carbonyl (C=O) groups is 1. The van der Waals surface area contributed by atoms with Crippen LogP contribution >= 0.6 is 23.3 Å². The van der Waals surface area contributed by atoms with Gasteiger partial charge in [0.05, 0.1) is 11.6 Å². The molecule has 0 bridgehead atoms. The van der Waals surface area contributed by atoms with E-state index >= 15 is 0 Å². The summed E-state index contributed by atoms with van der Waals surface area (Å²) in [5, 5.41) is 3.41. The van der Waals surface area contributed by atoms with Gasteiger partial charge in [0.1, 0.15) is 33.8 Å². The van der Waals surface area contributed by atoms with E-state index in [0.717, 1.165) is 45.6 Å². The Bertz CT molecular complexity index is 1270. The summed E-state index contributed by atoms with van der Waals surface area (Å²) in [6.45, 7) is 3.92. The van der Waals surface area contributed by atoms with E-state index in [1.165, 1.54) is 18.0 Å². The lowest BCUT2D eigenvalue weighted by atomic mass is 10.1. The summed E-state index contributed by atoms with van der Waals surface area (Å²) in [5.74, 6) is -1.09. The highest BCUT2D eigenvalue weighted by Crippen LogP contribution is 2.31. The van der Waals surface area contributed by atoms with Crippen LogP contribution in [0.25, 0.3) is 0 Å². The number of nitrogens with one attached hydrogen (secondary N) is 2. The molecule has 0 aliphatic heterocycles. The van der Waals surface area contributed by atoms with Gasteiger partial charge in [-0.2, -0.15) is 0 Å². The molecule has 1 atom stereocenters. The van der Waals surface area contributed by atoms with Gasteiger partial charge in [-0.15, -0.1) is 0 Å². The van der Waals surface area contributed by atoms with Crippen molar-refractivity contribution in [2.45, 2.75) is 24.8 Å². The van der Waals surface area contributed by atoms with Crippen LogP contribution in [-0.4, -0.2) is 10.8 Å². The molecule has 170 valence electrons. The number of rotatable bonds is 8. The van der Waals surface area contributed by atoms with Gasteiger partial charge in [0, 0.05) is 10.6 Å². The van der Waals surface area contributed by atoms with Crippen LogP contribution in [-0.2, 0) is 0 Å². The maximum absolute atomic E-state index is 14.0. The summed E-state index contributed by atoms with van der Waals surface area (Å²) in [5.41, 5.74) is 5.92. The van der Waals surface area contributed by atoms with E-state index in [2.05, 4.69) is 15.0 Å². The molecule has 1 unspecified atom stereocenters. The summed E-state index contributed by atoms with van der Waals surface area (Å²) in [6, 6.07) is 14.7. The van der Waals surface area contributed by atoms with Crippen molar-refractivity contribution >= 4 is 45.7 Å². The van der Waals surface area contributed by atoms with Gasteiger partial charge in [-0.05, 0) is 74.3 Å². The van der Waals surface area contributed by atoms with Crippen molar-refractivity contribution < 1.29 is 18.0 Å². The molecule has 0 aliphatic carbocycles. The Labute approximate surface area is 197 Å². The van der Waals surface area contributed by atoms with E-state index in [1.54, 1.807) is 0 Å². The van der Waals surface area contributed by atoms with Crippen molar-refractivity contribution in [1.29, 1.82) is 0 Å². The fourth-order valence-electron chi connectivity index (χ4n) is 3.01. The molecule has 6 nitrogen and oxygen atoms in total. The normalized spacial score (nSPS) is 12.0. The first-order valence-corrected chi connectivity index (χ1v) is 11.6. The van der Waals surface area contributed by atoms with Crippen LogP contribution in [0, 0.1) is 18.6 Å². The molecule has 2 aromatic heterocycles. The summed E-state index contributed by atoms with van der Waals surface area (Å²) in [4.78, 5) is 17.7. The Balaban J connectivity index is 1.41. The molecule has 2 heterocycles. The zero-order valence-electron chi connectivity index (χ0n) is 17.7. The third-order valence-corrected chi connectivity index (χ3v) is 6.66. The number of aromatic nitrogens is 1. The first-order chi connectivity index (χ1) is 15.8. The van der Waals surface area contributed by atoms with Crippen molar-refractivity contribution in [3.05, 3.63) is 88.2 Å². The number of hydrogen-bond donors (Lipinski definition) is 3. The van der Waals surface area contributed by atoms with Crippen molar-refractivity contribution in [3.63, 3.8) is 0 Å². The molecule has 33 heavy (non-hydrogen) atoms. The highest BCUT2D eigenvalue weighted by Gasteiger charge is 2.24. The van der Waals surface area contributed by atoms with Gasteiger partial charge in [-0.3, -0.25) is 4.79 Å². The Morgan fingerprint density at radius 1 is 1.12 bits per heavy atom. The minimum absolute atomic E-state index is 0.0278. The van der Waals surface area contributed by atoms with Crippen molar-refractivity contribution in [1.82, 2.24) is 9.71 Å². The molecule has 0 radical (unpaired) electrons. The molecule has 0 aliphatic rings. The van der Waals surface area contributed by atoms with Crippen molar-refractivity contribution in [2.75, 3.05) is 11.1 Å². The number of carbonyl (C=O) groups excluding carboxylic acids is 1. The molecular weight excluding hydrogens is 466 g/mol. The number of benzene rings is 2. The number of thiazole rings is 1. The molecule has 4 rings (SSSR count). The van der Waals surface area contributed by atoms with Crippen LogP contribution in [0.2, 0.25) is 0 Å². The number of hydrogen-bond acceptors (Lipinski definition) is 8. The predicted molar refractivity (Wildman–Crippen MR) is 127 cm³/mol. The van der Waals surface area contributed by atoms with Gasteiger partial charge in [-0.25, -0.2) is 18.5 Å². The fourth-order valence-corrected chi connectivity index (χ4v) is 4.56. The Morgan fingerprint density at radius 3 is 2.45 bits per heavy atom. The van der Waals surface area contributed by atoms with Crippen LogP contribution in [0.5, 0.6) is 0 Å². The maximum atomic E-state index is 14.0. The lowest BCUT2D eigenvalue weighted by Gasteiger charge is -2.11. The number of aryl methyl sites for hydroxylation is 1. The first kappa shape index (κ1) is 23.0. The smallest absolute Gasteiger partial charge is 0.212 e. The third kappa shape index (κ3) is 5.24. The second-order valence-electron chi connectivity index (χ2n) is 7.20. The van der Waals surface area contributed by atoms with E-state index in [4.69, 9.17) is 10.2 Å². The van der Waals surface area contributed by atoms with E-state index in [1.807, 2.05) is 50.2 Å². The third-order valence-electron chi connectivity index (χ3n) is 4.70. The molecule has 4 N–H and O–H groups in total. The minimum Gasteiger partial charge on any atom is -0.465 e. The lowest BCUT2D eigenvalue weighted by Crippen LogP contribution is -2.09. The number of ketones is 1. The zero-order chi connectivity index (χ0) is 23.5. The topological polar surface area (TPSA) is 93.2 Å². The van der Waals surface area contributed by atoms with Crippen LogP contribution in [0.1, 0.15) is 39.7 Å². The SMILES string of the molecule is Cc1ccc(C(C)NSc2ccc(Nc3nc(N)c(C(=O)c4c(F)cccc4F)s3)cc2)o1. The molecule has 0 saturated heterocycles. The second kappa shape index (κ2) is 9.74. The van der Waals surface area contributed by atoms with E-state index in [-0.39, 0.29) is 16.7 Å². The Hall–Kier alpha value is -3.21. The lowest BCUT2D eigenvalue weighted by molar-refractivity contribution is 0.103. The molecule has 2 aromatic carbocycles. The van der Waals surface area contributed by atoms with Crippen LogP contribution in [0.4, 0.5) is 25.4 Å². The number of nitrogens with two attached hydrogens (primary N) is 1. The molecule has 10 heteroatoms. The number of anilines is 3. The largest absolute Gasteiger partial charge is 0.465 e. The van der Waals surface area contributed by atoms with Crippen LogP contribution in [0.15, 0.2) is 63.9 Å². The molecule has 0 fully saturated rings. The number of halogens is 2. The van der Waals surface area contributed by atoms with Crippen LogP contribution < -0.4 is 15.8 Å². The molecule has 0 amide bonds. The van der Waals surface area contributed by atoms with Gasteiger partial charge in [0.25, 0.3) is 0 Å². The van der Waals surface area contributed by atoms with Gasteiger partial charge < -0.3 is 15.5 Å². The van der Waals surface area contributed by atoms with Crippen LogP contribution in [0.3, 0.4) is 0 Å². The highest BCUT2D eigenvalue weighted by molar-refractivity contribution is 7.97. The molecule has 4 aromatic rings. The average Bonchev–Trinajstić information content (AvgIpc) is 3.38. The fraction of sp³-hybridized carbons (Fsp3) is 0.130. The summed E-state index contributed by atoms with van der Waals surface area (Å²) >= 11 is 2.41. The number of nitrogen functional groups attached to an aromatic ring is 1. The second-order valence-corrected chi connectivity index (χ2v) is 9.11. The number of furan rings is 1. The summed E-state index contributed by atoms with van der Waals surface area (Å²) in [6.07, 6.45) is 0. The van der Waals surface area contributed by atoms with Gasteiger partial charge in [-0.1, -0.05) is 17.4 Å². The van der Waals surface area contributed by atoms with Crippen molar-refractivity contribution in [3.8, 4) is 0 Å². The minimum atomic E-state index is -0.944. The monoisotopic (exact) mass is 486 g/mol. The van der Waals surface area contributed by atoms with Gasteiger partial charge in [0.2, 0.25) is 5.78 Å². The predicted octanol–water partition coefficient (Wildman–Crippen LogP) is 6.24. The van der Waals surface area contributed by atoms with Gasteiger partial charge >= 0.3 is 0 Å². The standard InChI is InChI=1S/C23H20F2N4O2S2/c1-12-6-11-18(31-12)13(2)29-33-15-9-7-14(8-10-15)27-23-28-22(26)21(32-23)20(30)19-16(24)4-3-5-17(19)25/h3-11,13,29H,26H2,1-2H3,(H,27,28). The Kier molecular flexibility index (Phi) is 6.77. The molecular formula is C23H20F2N4O2S2. The van der Waals surface area contributed by atoms with Gasteiger partial charge in [0.15, 0.2) is 5.13 Å². The zero-order valence-corrected chi connectivity index (χ0v) is 19.3. The Morgan fingerprint density at radius 2 is 1.82 bits per heavy atom. The van der Waals surface area contributed by atoms with E-state index in [9.17, 15) is 13.6 Å². The maximum Gasteiger partial charge on any atom is 0.212 e.